The van der Waals surface area contributed by atoms with Crippen molar-refractivity contribution in [2.45, 2.75) is 6.61 Å². The van der Waals surface area contributed by atoms with E-state index in [-0.39, 0.29) is 6.61 Å². The van der Waals surface area contributed by atoms with Crippen molar-refractivity contribution in [3.05, 3.63) is 29.7 Å². The zero-order valence-electron chi connectivity index (χ0n) is 8.04. The third kappa shape index (κ3) is 1.55. The molecule has 0 fully saturated rings. The zero-order chi connectivity index (χ0) is 10.8. The van der Waals surface area contributed by atoms with E-state index in [4.69, 9.17) is 5.11 Å². The zero-order valence-corrected chi connectivity index (χ0v) is 8.04. The molecule has 0 saturated carbocycles. The van der Waals surface area contributed by atoms with Gasteiger partial charge in [0.15, 0.2) is 11.5 Å². The van der Waals surface area contributed by atoms with Crippen molar-refractivity contribution in [1.29, 1.82) is 0 Å². The number of ether oxygens (including phenoxy) is 1. The van der Waals surface area contributed by atoms with Crippen LogP contribution in [0.5, 0.6) is 0 Å². The van der Waals surface area contributed by atoms with Gasteiger partial charge < -0.3 is 9.84 Å². The summed E-state index contributed by atoms with van der Waals surface area (Å²) in [5.41, 5.74) is 0.964. The van der Waals surface area contributed by atoms with E-state index in [1.807, 2.05) is 0 Å². The number of aliphatic hydroxyl groups is 1. The molecule has 0 aliphatic heterocycles. The molecule has 0 spiro atoms. The minimum absolute atomic E-state index is 0.230. The highest BCUT2D eigenvalue weighted by molar-refractivity contribution is 5.89. The largest absolute Gasteiger partial charge is 0.465 e. The molecule has 1 N–H and O–H groups in total. The number of methoxy groups -OCH3 is 1. The van der Waals surface area contributed by atoms with Gasteiger partial charge in [-0.3, -0.25) is 4.40 Å². The number of esters is 1. The molecular weight excluding hydrogens is 198 g/mol. The number of nitrogens with zero attached hydrogens (tertiary/aromatic N) is 3. The van der Waals surface area contributed by atoms with Gasteiger partial charge in [0.1, 0.15) is 6.61 Å². The molecule has 0 aliphatic rings. The van der Waals surface area contributed by atoms with Gasteiger partial charge in [-0.25, -0.2) is 4.79 Å². The maximum absolute atomic E-state index is 11.2. The van der Waals surface area contributed by atoms with Crippen LogP contribution >= 0.6 is 0 Å². The summed E-state index contributed by atoms with van der Waals surface area (Å²) in [7, 11) is 1.31. The van der Waals surface area contributed by atoms with Gasteiger partial charge in [0.2, 0.25) is 0 Å². The summed E-state index contributed by atoms with van der Waals surface area (Å²) in [4.78, 5) is 11.2. The molecule has 6 heteroatoms. The lowest BCUT2D eigenvalue weighted by Crippen LogP contribution is -2.04. The number of rotatable bonds is 2. The molecule has 0 radical (unpaired) electrons. The van der Waals surface area contributed by atoms with Crippen LogP contribution in [-0.4, -0.2) is 32.8 Å². The maximum atomic E-state index is 11.2. The van der Waals surface area contributed by atoms with E-state index in [0.29, 0.717) is 17.0 Å². The Labute approximate surface area is 85.1 Å². The molecular formula is C9H9N3O3. The fourth-order valence-electron chi connectivity index (χ4n) is 1.28. The van der Waals surface area contributed by atoms with Crippen molar-refractivity contribution in [1.82, 2.24) is 14.6 Å². The van der Waals surface area contributed by atoms with Crippen molar-refractivity contribution in [2.75, 3.05) is 7.11 Å². The molecule has 0 bridgehead atoms. The molecule has 0 aromatic carbocycles. The molecule has 2 aromatic rings. The van der Waals surface area contributed by atoms with Crippen LogP contribution in [0.1, 0.15) is 16.2 Å². The SMILES string of the molecule is COC(=O)c1ccc2nnc(CO)n2c1. The molecule has 15 heavy (non-hydrogen) atoms. The summed E-state index contributed by atoms with van der Waals surface area (Å²) in [6.07, 6.45) is 1.53. The highest BCUT2D eigenvalue weighted by Crippen LogP contribution is 2.07. The molecule has 2 rings (SSSR count). The third-order valence-electron chi connectivity index (χ3n) is 2.04. The summed E-state index contributed by atoms with van der Waals surface area (Å²) in [5, 5.41) is 16.5. The molecule has 0 atom stereocenters. The first-order valence-electron chi connectivity index (χ1n) is 4.29. The maximum Gasteiger partial charge on any atom is 0.339 e. The molecule has 2 aromatic heterocycles. The summed E-state index contributed by atoms with van der Waals surface area (Å²) in [6.45, 7) is -0.230. The summed E-state index contributed by atoms with van der Waals surface area (Å²) in [6, 6.07) is 3.23. The first-order valence-corrected chi connectivity index (χ1v) is 4.29. The van der Waals surface area contributed by atoms with E-state index in [0.717, 1.165) is 0 Å². The number of pyridine rings is 1. The third-order valence-corrected chi connectivity index (χ3v) is 2.04. The number of aromatic nitrogens is 3. The van der Waals surface area contributed by atoms with Gasteiger partial charge in [-0.2, -0.15) is 0 Å². The van der Waals surface area contributed by atoms with Crippen LogP contribution < -0.4 is 0 Å². The predicted octanol–water partition coefficient (Wildman–Crippen LogP) is 0.00820. The van der Waals surface area contributed by atoms with Crippen LogP contribution in [0.2, 0.25) is 0 Å². The van der Waals surface area contributed by atoms with E-state index in [1.165, 1.54) is 13.3 Å². The lowest BCUT2D eigenvalue weighted by molar-refractivity contribution is 0.0600. The molecule has 2 heterocycles. The Bertz CT molecular complexity index is 506. The number of hydrogen-bond donors (Lipinski definition) is 1. The predicted molar refractivity (Wildman–Crippen MR) is 50.2 cm³/mol. The molecule has 6 nitrogen and oxygen atoms in total. The standard InChI is InChI=1S/C9H9N3O3/c1-15-9(14)6-2-3-7-10-11-8(5-13)12(7)4-6/h2-4,13H,5H2,1H3. The van der Waals surface area contributed by atoms with Crippen LogP contribution in [0, 0.1) is 0 Å². The van der Waals surface area contributed by atoms with Crippen LogP contribution in [-0.2, 0) is 11.3 Å². The molecule has 0 amide bonds. The second-order valence-electron chi connectivity index (χ2n) is 2.91. The van der Waals surface area contributed by atoms with Gasteiger partial charge in [0.05, 0.1) is 12.7 Å². The Morgan fingerprint density at radius 1 is 1.53 bits per heavy atom. The van der Waals surface area contributed by atoms with Gasteiger partial charge in [-0.1, -0.05) is 0 Å². The first-order chi connectivity index (χ1) is 7.26. The number of carbonyl (C=O) groups is 1. The van der Waals surface area contributed by atoms with Crippen LogP contribution in [0.4, 0.5) is 0 Å². The van der Waals surface area contributed by atoms with E-state index in [2.05, 4.69) is 14.9 Å². The normalized spacial score (nSPS) is 10.5. The monoisotopic (exact) mass is 207 g/mol. The van der Waals surface area contributed by atoms with E-state index in [9.17, 15) is 4.79 Å². The Kier molecular flexibility index (Phi) is 2.34. The van der Waals surface area contributed by atoms with Gasteiger partial charge in [0, 0.05) is 6.20 Å². The summed E-state index contributed by atoms with van der Waals surface area (Å²) >= 11 is 0. The minimum atomic E-state index is -0.436. The molecule has 0 aliphatic carbocycles. The Hall–Kier alpha value is -1.95. The number of fused-ring (bicyclic) bond motifs is 1. The first kappa shape index (κ1) is 9.60. The van der Waals surface area contributed by atoms with Crippen molar-refractivity contribution >= 4 is 11.6 Å². The van der Waals surface area contributed by atoms with Gasteiger partial charge in [-0.15, -0.1) is 10.2 Å². The topological polar surface area (TPSA) is 76.7 Å². The Morgan fingerprint density at radius 3 is 3.00 bits per heavy atom. The second-order valence-corrected chi connectivity index (χ2v) is 2.91. The number of hydrogen-bond acceptors (Lipinski definition) is 5. The van der Waals surface area contributed by atoms with Crippen molar-refractivity contribution < 1.29 is 14.6 Å². The lowest BCUT2D eigenvalue weighted by atomic mass is 10.3. The smallest absolute Gasteiger partial charge is 0.339 e. The second kappa shape index (κ2) is 3.66. The van der Waals surface area contributed by atoms with Crippen molar-refractivity contribution in [2.24, 2.45) is 0 Å². The Morgan fingerprint density at radius 2 is 2.33 bits per heavy atom. The summed E-state index contributed by atoms with van der Waals surface area (Å²) in [5.74, 6) is -0.0507. The fraction of sp³-hybridized carbons (Fsp3) is 0.222. The van der Waals surface area contributed by atoms with Gasteiger partial charge in [0.25, 0.3) is 0 Å². The van der Waals surface area contributed by atoms with E-state index >= 15 is 0 Å². The minimum Gasteiger partial charge on any atom is -0.465 e. The van der Waals surface area contributed by atoms with Crippen LogP contribution in [0.3, 0.4) is 0 Å². The lowest BCUT2D eigenvalue weighted by Gasteiger charge is -2.00. The van der Waals surface area contributed by atoms with Crippen molar-refractivity contribution in [3.63, 3.8) is 0 Å². The van der Waals surface area contributed by atoms with Gasteiger partial charge >= 0.3 is 5.97 Å². The number of carbonyl (C=O) groups excluding carboxylic acids is 1. The van der Waals surface area contributed by atoms with E-state index in [1.54, 1.807) is 16.5 Å². The van der Waals surface area contributed by atoms with E-state index < -0.39 is 5.97 Å². The highest BCUT2D eigenvalue weighted by Gasteiger charge is 2.09. The summed E-state index contributed by atoms with van der Waals surface area (Å²) < 4.78 is 6.13. The van der Waals surface area contributed by atoms with Crippen molar-refractivity contribution in [3.8, 4) is 0 Å². The average molecular weight is 207 g/mol. The molecule has 0 unspecified atom stereocenters. The van der Waals surface area contributed by atoms with Crippen LogP contribution in [0.25, 0.3) is 5.65 Å². The van der Waals surface area contributed by atoms with Gasteiger partial charge in [-0.05, 0) is 12.1 Å². The quantitative estimate of drug-likeness (QED) is 0.702. The molecule has 0 saturated heterocycles. The number of aliphatic hydroxyl groups excluding tert-OH is 1. The fourth-order valence-corrected chi connectivity index (χ4v) is 1.28. The molecule has 78 valence electrons. The Balaban J connectivity index is 2.57. The average Bonchev–Trinajstić information content (AvgIpc) is 2.69. The highest BCUT2D eigenvalue weighted by atomic mass is 16.5. The van der Waals surface area contributed by atoms with Crippen LogP contribution in [0.15, 0.2) is 18.3 Å².